The van der Waals surface area contributed by atoms with Crippen LogP contribution in [-0.4, -0.2) is 11.6 Å². The Morgan fingerprint density at radius 3 is 2.86 bits per heavy atom. The van der Waals surface area contributed by atoms with E-state index in [1.807, 2.05) is 32.0 Å². The fraction of sp³-hybridized carbons (Fsp3) is 0.250. The van der Waals surface area contributed by atoms with Gasteiger partial charge in [0.1, 0.15) is 11.9 Å². The summed E-state index contributed by atoms with van der Waals surface area (Å²) in [5.41, 5.74) is 8.57. The summed E-state index contributed by atoms with van der Waals surface area (Å²) in [5, 5.41) is 12.4. The number of nitrogens with two attached hydrogens (primary N) is 1. The number of nitrogens with one attached hydrogen (secondary N) is 1. The topological polar surface area (TPSA) is 84.0 Å². The van der Waals surface area contributed by atoms with Gasteiger partial charge in [-0.15, -0.1) is 0 Å². The Hall–Kier alpha value is -2.74. The van der Waals surface area contributed by atoms with Gasteiger partial charge in [0.15, 0.2) is 0 Å². The van der Waals surface area contributed by atoms with Gasteiger partial charge in [0.25, 0.3) is 0 Å². The summed E-state index contributed by atoms with van der Waals surface area (Å²) < 4.78 is 5.50. The summed E-state index contributed by atoms with van der Waals surface area (Å²) in [5.74, 6) is 1.01. The van der Waals surface area contributed by atoms with E-state index in [1.54, 1.807) is 12.1 Å². The summed E-state index contributed by atoms with van der Waals surface area (Å²) in [7, 11) is 0. The van der Waals surface area contributed by atoms with E-state index in [0.29, 0.717) is 29.6 Å². The number of hydrogen-bond donors (Lipinski definition) is 2. The molecule has 0 radical (unpaired) electrons. The van der Waals surface area contributed by atoms with E-state index in [-0.39, 0.29) is 0 Å². The molecule has 108 valence electrons. The average Bonchev–Trinajstić information content (AvgIpc) is 2.48. The minimum absolute atomic E-state index is 0.410. The minimum Gasteiger partial charge on any atom is -0.476 e. The molecule has 0 unspecified atom stereocenters. The van der Waals surface area contributed by atoms with Crippen LogP contribution in [0.4, 0.5) is 17.2 Å². The van der Waals surface area contributed by atoms with E-state index < -0.39 is 0 Å². The van der Waals surface area contributed by atoms with Gasteiger partial charge in [0, 0.05) is 0 Å². The van der Waals surface area contributed by atoms with Crippen molar-refractivity contribution in [2.75, 3.05) is 17.7 Å². The number of rotatable bonds is 5. The lowest BCUT2D eigenvalue weighted by Crippen LogP contribution is -2.04. The molecule has 0 aliphatic rings. The first-order valence-corrected chi connectivity index (χ1v) is 6.81. The second-order valence-corrected chi connectivity index (χ2v) is 4.67. The van der Waals surface area contributed by atoms with Gasteiger partial charge in [-0.05, 0) is 37.1 Å². The number of pyridine rings is 1. The predicted molar refractivity (Wildman–Crippen MR) is 83.6 cm³/mol. The highest BCUT2D eigenvalue weighted by atomic mass is 16.5. The lowest BCUT2D eigenvalue weighted by atomic mass is 10.1. The first-order valence-electron chi connectivity index (χ1n) is 6.81. The summed E-state index contributed by atoms with van der Waals surface area (Å²) in [6.07, 6.45) is 0.884. The molecular formula is C16H18N4O. The molecule has 0 atom stereocenters. The summed E-state index contributed by atoms with van der Waals surface area (Å²) in [6, 6.07) is 11.3. The molecule has 0 amide bonds. The number of hydrogen-bond acceptors (Lipinski definition) is 5. The van der Waals surface area contributed by atoms with Gasteiger partial charge < -0.3 is 15.8 Å². The largest absolute Gasteiger partial charge is 0.476 e. The highest BCUT2D eigenvalue weighted by molar-refractivity contribution is 5.67. The molecule has 5 nitrogen and oxygen atoms in total. The van der Waals surface area contributed by atoms with Crippen LogP contribution in [0, 0.1) is 18.3 Å². The maximum Gasteiger partial charge on any atom is 0.239 e. The molecule has 0 spiro atoms. The maximum absolute atomic E-state index is 9.24. The van der Waals surface area contributed by atoms with Crippen molar-refractivity contribution in [3.8, 4) is 11.9 Å². The predicted octanol–water partition coefficient (Wildman–Crippen LogP) is 3.38. The third kappa shape index (κ3) is 3.42. The van der Waals surface area contributed by atoms with Crippen molar-refractivity contribution in [1.29, 1.82) is 5.26 Å². The highest BCUT2D eigenvalue weighted by Gasteiger charge is 2.08. The number of nitrogens with zero attached hydrogens (tertiary/aromatic N) is 2. The minimum atomic E-state index is 0.410. The first kappa shape index (κ1) is 14.7. The van der Waals surface area contributed by atoms with Gasteiger partial charge in [-0.3, -0.25) is 0 Å². The van der Waals surface area contributed by atoms with Gasteiger partial charge in [-0.2, -0.15) is 10.2 Å². The maximum atomic E-state index is 9.24. The zero-order chi connectivity index (χ0) is 15.2. The second kappa shape index (κ2) is 6.62. The smallest absolute Gasteiger partial charge is 0.239 e. The van der Waals surface area contributed by atoms with Crippen molar-refractivity contribution < 1.29 is 4.74 Å². The molecule has 1 aromatic carbocycles. The van der Waals surface area contributed by atoms with Crippen molar-refractivity contribution in [3.05, 3.63) is 41.5 Å². The van der Waals surface area contributed by atoms with E-state index >= 15 is 0 Å². The van der Waals surface area contributed by atoms with Crippen LogP contribution < -0.4 is 15.8 Å². The molecule has 0 saturated carbocycles. The van der Waals surface area contributed by atoms with Crippen LogP contribution in [0.5, 0.6) is 5.88 Å². The van der Waals surface area contributed by atoms with Crippen LogP contribution in [0.2, 0.25) is 0 Å². The standard InChI is InChI=1S/C16H18N4O/c1-3-9-21-16-13(18)7-8-15(20-16)19-14-6-4-5-11(2)12(14)10-17/h4-8H,3,9,18H2,1-2H3,(H,19,20). The lowest BCUT2D eigenvalue weighted by Gasteiger charge is -2.12. The molecular weight excluding hydrogens is 264 g/mol. The van der Waals surface area contributed by atoms with Gasteiger partial charge in [-0.25, -0.2) is 0 Å². The van der Waals surface area contributed by atoms with Crippen LogP contribution in [0.3, 0.4) is 0 Å². The molecule has 0 bridgehead atoms. The van der Waals surface area contributed by atoms with Gasteiger partial charge >= 0.3 is 0 Å². The van der Waals surface area contributed by atoms with Crippen molar-refractivity contribution in [2.24, 2.45) is 0 Å². The molecule has 1 aromatic heterocycles. The molecule has 0 saturated heterocycles. The average molecular weight is 282 g/mol. The Morgan fingerprint density at radius 2 is 2.14 bits per heavy atom. The van der Waals surface area contributed by atoms with Crippen LogP contribution >= 0.6 is 0 Å². The molecule has 2 rings (SSSR count). The highest BCUT2D eigenvalue weighted by Crippen LogP contribution is 2.26. The first-order chi connectivity index (χ1) is 10.2. The van der Waals surface area contributed by atoms with Gasteiger partial charge in [0.05, 0.1) is 23.5 Å². The number of benzene rings is 1. The monoisotopic (exact) mass is 282 g/mol. The third-order valence-corrected chi connectivity index (χ3v) is 2.98. The molecule has 0 aliphatic heterocycles. The summed E-state index contributed by atoms with van der Waals surface area (Å²) in [6.45, 7) is 4.48. The Morgan fingerprint density at radius 1 is 1.33 bits per heavy atom. The molecule has 0 fully saturated rings. The number of anilines is 3. The zero-order valence-corrected chi connectivity index (χ0v) is 12.2. The number of aromatic nitrogens is 1. The fourth-order valence-electron chi connectivity index (χ4n) is 1.89. The second-order valence-electron chi connectivity index (χ2n) is 4.67. The van der Waals surface area contributed by atoms with Crippen LogP contribution in [0.1, 0.15) is 24.5 Å². The molecule has 1 heterocycles. The molecule has 3 N–H and O–H groups in total. The Kier molecular flexibility index (Phi) is 4.62. The van der Waals surface area contributed by atoms with Crippen LogP contribution in [0.15, 0.2) is 30.3 Å². The van der Waals surface area contributed by atoms with E-state index in [0.717, 1.165) is 17.7 Å². The molecule has 21 heavy (non-hydrogen) atoms. The Labute approximate surface area is 124 Å². The Bertz CT molecular complexity index is 676. The summed E-state index contributed by atoms with van der Waals surface area (Å²) in [4.78, 5) is 4.34. The van der Waals surface area contributed by atoms with Crippen molar-refractivity contribution in [2.45, 2.75) is 20.3 Å². The summed E-state index contributed by atoms with van der Waals surface area (Å²) >= 11 is 0. The van der Waals surface area contributed by atoms with Crippen molar-refractivity contribution in [3.63, 3.8) is 0 Å². The number of ether oxygens (including phenoxy) is 1. The van der Waals surface area contributed by atoms with Gasteiger partial charge in [0.2, 0.25) is 5.88 Å². The number of aryl methyl sites for hydroxylation is 1. The number of nitriles is 1. The number of nitrogen functional groups attached to an aromatic ring is 1. The van der Waals surface area contributed by atoms with E-state index in [2.05, 4.69) is 16.4 Å². The fourth-order valence-corrected chi connectivity index (χ4v) is 1.89. The van der Waals surface area contributed by atoms with Crippen molar-refractivity contribution >= 4 is 17.2 Å². The van der Waals surface area contributed by atoms with Crippen LogP contribution in [-0.2, 0) is 0 Å². The molecule has 2 aromatic rings. The third-order valence-electron chi connectivity index (χ3n) is 2.98. The lowest BCUT2D eigenvalue weighted by molar-refractivity contribution is 0.307. The normalized spacial score (nSPS) is 9.95. The van der Waals surface area contributed by atoms with Gasteiger partial charge in [-0.1, -0.05) is 19.1 Å². The van der Waals surface area contributed by atoms with E-state index in [1.165, 1.54) is 0 Å². The SMILES string of the molecule is CCCOc1nc(Nc2cccc(C)c2C#N)ccc1N. The van der Waals surface area contributed by atoms with Crippen molar-refractivity contribution in [1.82, 2.24) is 4.98 Å². The van der Waals surface area contributed by atoms with E-state index in [9.17, 15) is 5.26 Å². The Balaban J connectivity index is 2.28. The van der Waals surface area contributed by atoms with E-state index in [4.69, 9.17) is 10.5 Å². The molecule has 0 aliphatic carbocycles. The van der Waals surface area contributed by atoms with Crippen LogP contribution in [0.25, 0.3) is 0 Å². The quantitative estimate of drug-likeness (QED) is 0.878. The molecule has 5 heteroatoms. The zero-order valence-electron chi connectivity index (χ0n) is 12.2.